The Morgan fingerprint density at radius 3 is 2.54 bits per heavy atom. The first-order valence-corrected chi connectivity index (χ1v) is 4.53. The summed E-state index contributed by atoms with van der Waals surface area (Å²) in [6, 6.07) is 8.13. The van der Waals surface area contributed by atoms with Crippen molar-refractivity contribution in [3.8, 4) is 6.07 Å². The van der Waals surface area contributed by atoms with Gasteiger partial charge in [-0.05, 0) is 29.5 Å². The minimum atomic E-state index is 0.807. The third-order valence-electron chi connectivity index (χ3n) is 2.19. The molecule has 67 valence electrons. The zero-order valence-corrected chi connectivity index (χ0v) is 8.39. The van der Waals surface area contributed by atoms with Gasteiger partial charge in [-0.2, -0.15) is 5.26 Å². The van der Waals surface area contributed by atoms with Crippen molar-refractivity contribution >= 4 is 0 Å². The zero-order valence-electron chi connectivity index (χ0n) is 8.39. The quantitative estimate of drug-likeness (QED) is 0.672. The van der Waals surface area contributed by atoms with E-state index in [1.807, 2.05) is 12.1 Å². The standard InChI is InChI=1S/C12H14N/c1-4-11-10(8-13)6-5-7-12(11)9(2)3/h5-7H,4H2,1-3H3. The molecule has 0 unspecified atom stereocenters. The molecule has 0 saturated carbocycles. The maximum Gasteiger partial charge on any atom is 0.0994 e. The van der Waals surface area contributed by atoms with E-state index in [2.05, 4.69) is 32.9 Å². The minimum Gasteiger partial charge on any atom is -0.192 e. The first-order valence-electron chi connectivity index (χ1n) is 4.53. The van der Waals surface area contributed by atoms with Crippen molar-refractivity contribution < 1.29 is 0 Å². The normalized spacial score (nSPS) is 10.1. The van der Waals surface area contributed by atoms with Crippen molar-refractivity contribution in [2.75, 3.05) is 0 Å². The lowest BCUT2D eigenvalue weighted by atomic mass is 9.92. The Morgan fingerprint density at radius 2 is 2.08 bits per heavy atom. The summed E-state index contributed by atoms with van der Waals surface area (Å²) >= 11 is 0. The molecule has 0 aliphatic rings. The molecule has 1 heteroatoms. The van der Waals surface area contributed by atoms with E-state index < -0.39 is 0 Å². The number of hydrogen-bond donors (Lipinski definition) is 0. The lowest BCUT2D eigenvalue weighted by Crippen LogP contribution is -1.98. The largest absolute Gasteiger partial charge is 0.192 e. The Bertz CT molecular complexity index is 331. The average Bonchev–Trinajstić information content (AvgIpc) is 2.16. The van der Waals surface area contributed by atoms with Crippen LogP contribution in [-0.2, 0) is 6.42 Å². The van der Waals surface area contributed by atoms with E-state index in [1.165, 1.54) is 17.0 Å². The molecule has 1 radical (unpaired) electrons. The summed E-state index contributed by atoms with van der Waals surface area (Å²) in [4.78, 5) is 0. The fourth-order valence-corrected chi connectivity index (χ4v) is 1.54. The minimum absolute atomic E-state index is 0.807. The molecule has 0 saturated heterocycles. The van der Waals surface area contributed by atoms with Gasteiger partial charge in [0.2, 0.25) is 0 Å². The smallest absolute Gasteiger partial charge is 0.0994 e. The molecule has 1 aromatic rings. The summed E-state index contributed by atoms with van der Waals surface area (Å²) in [5, 5.41) is 8.90. The molecule has 0 spiro atoms. The molecule has 0 aliphatic carbocycles. The first kappa shape index (κ1) is 9.80. The molecule has 0 aliphatic heterocycles. The van der Waals surface area contributed by atoms with Crippen molar-refractivity contribution in [3.05, 3.63) is 40.8 Å². The summed E-state index contributed by atoms with van der Waals surface area (Å²) < 4.78 is 0. The van der Waals surface area contributed by atoms with E-state index in [4.69, 9.17) is 5.26 Å². The van der Waals surface area contributed by atoms with Gasteiger partial charge in [-0.3, -0.25) is 0 Å². The highest BCUT2D eigenvalue weighted by Gasteiger charge is 2.08. The van der Waals surface area contributed by atoms with Crippen LogP contribution < -0.4 is 0 Å². The molecule has 0 N–H and O–H groups in total. The molecule has 0 amide bonds. The van der Waals surface area contributed by atoms with Crippen molar-refractivity contribution in [1.82, 2.24) is 0 Å². The monoisotopic (exact) mass is 172 g/mol. The Labute approximate surface area is 80.0 Å². The van der Waals surface area contributed by atoms with Crippen LogP contribution in [-0.4, -0.2) is 0 Å². The Kier molecular flexibility index (Phi) is 3.08. The Hall–Kier alpha value is -1.29. The molecule has 0 atom stereocenters. The topological polar surface area (TPSA) is 23.8 Å². The SMILES string of the molecule is CCc1c(C#N)cccc1[C](C)C. The van der Waals surface area contributed by atoms with Crippen LogP contribution in [0.25, 0.3) is 0 Å². The number of benzene rings is 1. The van der Waals surface area contributed by atoms with E-state index in [0.717, 1.165) is 12.0 Å². The molecule has 1 aromatic carbocycles. The number of nitrogens with zero attached hydrogens (tertiary/aromatic N) is 1. The predicted octanol–water partition coefficient (Wildman–Crippen LogP) is 3.08. The highest BCUT2D eigenvalue weighted by Crippen LogP contribution is 2.21. The Morgan fingerprint density at radius 1 is 1.38 bits per heavy atom. The van der Waals surface area contributed by atoms with Crippen LogP contribution in [0.15, 0.2) is 18.2 Å². The first-order chi connectivity index (χ1) is 6.20. The number of hydrogen-bond acceptors (Lipinski definition) is 1. The van der Waals surface area contributed by atoms with Crippen LogP contribution in [0.4, 0.5) is 0 Å². The van der Waals surface area contributed by atoms with Crippen LogP contribution >= 0.6 is 0 Å². The molecule has 0 bridgehead atoms. The van der Waals surface area contributed by atoms with Crippen molar-refractivity contribution in [2.45, 2.75) is 27.2 Å². The van der Waals surface area contributed by atoms with Crippen molar-refractivity contribution in [2.24, 2.45) is 0 Å². The maximum atomic E-state index is 8.90. The summed E-state index contributed by atoms with van der Waals surface area (Å²) in [6.07, 6.45) is 0.921. The maximum absolute atomic E-state index is 8.90. The molecule has 1 nitrogen and oxygen atoms in total. The van der Waals surface area contributed by atoms with Crippen LogP contribution in [0.5, 0.6) is 0 Å². The molecule has 0 aromatic heterocycles. The van der Waals surface area contributed by atoms with E-state index in [0.29, 0.717) is 0 Å². The van der Waals surface area contributed by atoms with Crippen LogP contribution in [0.3, 0.4) is 0 Å². The molecule has 1 rings (SSSR count). The van der Waals surface area contributed by atoms with E-state index >= 15 is 0 Å². The van der Waals surface area contributed by atoms with Gasteiger partial charge < -0.3 is 0 Å². The van der Waals surface area contributed by atoms with Crippen molar-refractivity contribution in [1.29, 1.82) is 5.26 Å². The van der Waals surface area contributed by atoms with Gasteiger partial charge in [0.05, 0.1) is 11.6 Å². The summed E-state index contributed by atoms with van der Waals surface area (Å²) in [5.41, 5.74) is 3.20. The molecule has 0 heterocycles. The van der Waals surface area contributed by atoms with Crippen LogP contribution in [0.2, 0.25) is 0 Å². The second-order valence-electron chi connectivity index (χ2n) is 3.30. The molecule has 0 fully saturated rings. The molecular weight excluding hydrogens is 158 g/mol. The van der Waals surface area contributed by atoms with Gasteiger partial charge in [0.1, 0.15) is 0 Å². The second-order valence-corrected chi connectivity index (χ2v) is 3.30. The summed E-state index contributed by atoms with van der Waals surface area (Å²) in [6.45, 7) is 6.24. The second kappa shape index (κ2) is 4.09. The van der Waals surface area contributed by atoms with E-state index in [9.17, 15) is 0 Å². The summed E-state index contributed by atoms with van der Waals surface area (Å²) in [7, 11) is 0. The van der Waals surface area contributed by atoms with Gasteiger partial charge in [0, 0.05) is 0 Å². The zero-order chi connectivity index (χ0) is 9.84. The molecule has 13 heavy (non-hydrogen) atoms. The van der Waals surface area contributed by atoms with E-state index in [1.54, 1.807) is 0 Å². The lowest BCUT2D eigenvalue weighted by molar-refractivity contribution is 1.04. The summed E-state index contributed by atoms with van der Waals surface area (Å²) in [5.74, 6) is 1.27. The fraction of sp³-hybridized carbons (Fsp3) is 0.333. The fourth-order valence-electron chi connectivity index (χ4n) is 1.54. The number of rotatable bonds is 2. The third kappa shape index (κ3) is 1.89. The van der Waals surface area contributed by atoms with Crippen LogP contribution in [0, 0.1) is 17.2 Å². The van der Waals surface area contributed by atoms with Gasteiger partial charge in [-0.25, -0.2) is 0 Å². The Balaban J connectivity index is 3.29. The van der Waals surface area contributed by atoms with E-state index in [-0.39, 0.29) is 0 Å². The van der Waals surface area contributed by atoms with Gasteiger partial charge in [0.25, 0.3) is 0 Å². The average molecular weight is 172 g/mol. The predicted molar refractivity (Wildman–Crippen MR) is 54.2 cm³/mol. The van der Waals surface area contributed by atoms with Gasteiger partial charge in [0.15, 0.2) is 0 Å². The lowest BCUT2D eigenvalue weighted by Gasteiger charge is -2.11. The van der Waals surface area contributed by atoms with Gasteiger partial charge >= 0.3 is 0 Å². The highest BCUT2D eigenvalue weighted by atomic mass is 14.2. The number of nitriles is 1. The molecular formula is C12H14N. The van der Waals surface area contributed by atoms with Crippen molar-refractivity contribution in [3.63, 3.8) is 0 Å². The highest BCUT2D eigenvalue weighted by molar-refractivity contribution is 5.47. The van der Waals surface area contributed by atoms with Crippen LogP contribution in [0.1, 0.15) is 37.5 Å². The van der Waals surface area contributed by atoms with Gasteiger partial charge in [-0.1, -0.05) is 32.9 Å². The van der Waals surface area contributed by atoms with Gasteiger partial charge in [-0.15, -0.1) is 0 Å². The third-order valence-corrected chi connectivity index (χ3v) is 2.19.